The third kappa shape index (κ3) is 5.83. The summed E-state index contributed by atoms with van der Waals surface area (Å²) >= 11 is 6.42. The van der Waals surface area contributed by atoms with Crippen molar-refractivity contribution in [2.75, 3.05) is 26.8 Å². The van der Waals surface area contributed by atoms with Gasteiger partial charge >= 0.3 is 0 Å². The minimum absolute atomic E-state index is 0.0106. The summed E-state index contributed by atoms with van der Waals surface area (Å²) in [5.74, 6) is -0.248. The first-order valence-corrected chi connectivity index (χ1v) is 8.00. The maximum absolute atomic E-state index is 11.7. The third-order valence-electron chi connectivity index (χ3n) is 1.99. The van der Waals surface area contributed by atoms with Gasteiger partial charge in [-0.25, -0.2) is 18.1 Å². The minimum Gasteiger partial charge on any atom is -0.383 e. The fourth-order valence-corrected chi connectivity index (χ4v) is 3.48. The average molecular weight is 328 g/mol. The molecule has 1 aromatic rings. The number of carbonyl (C=O) groups excluding carboxylic acids is 1. The second kappa shape index (κ2) is 7.75. The van der Waals surface area contributed by atoms with Gasteiger partial charge in [0, 0.05) is 26.6 Å². The minimum atomic E-state index is -3.64. The molecule has 0 fully saturated rings. The molecule has 10 heteroatoms. The molecule has 0 aliphatic rings. The van der Waals surface area contributed by atoms with Crippen LogP contribution in [0.4, 0.5) is 0 Å². The Morgan fingerprint density at radius 1 is 1.53 bits per heavy atom. The quantitative estimate of drug-likeness (QED) is 0.666. The molecule has 0 atom stereocenters. The van der Waals surface area contributed by atoms with Crippen LogP contribution in [0.15, 0.2) is 10.4 Å². The number of amides is 1. The van der Waals surface area contributed by atoms with Crippen molar-refractivity contribution < 1.29 is 17.9 Å². The Kier molecular flexibility index (Phi) is 6.66. The van der Waals surface area contributed by atoms with Crippen LogP contribution in [0, 0.1) is 0 Å². The van der Waals surface area contributed by atoms with E-state index in [0.29, 0.717) is 13.2 Å². The van der Waals surface area contributed by atoms with E-state index in [9.17, 15) is 13.2 Å². The number of methoxy groups -OCH3 is 1. The number of nitrogens with zero attached hydrogens (tertiary/aromatic N) is 1. The van der Waals surface area contributed by atoms with Crippen molar-refractivity contribution in [3.05, 3.63) is 10.7 Å². The number of ether oxygens (including phenoxy) is 1. The summed E-state index contributed by atoms with van der Waals surface area (Å²) in [4.78, 5) is 15.0. The van der Waals surface area contributed by atoms with Crippen LogP contribution in [-0.4, -0.2) is 46.1 Å². The summed E-state index contributed by atoms with van der Waals surface area (Å²) in [7, 11) is -2.12. The lowest BCUT2D eigenvalue weighted by Crippen LogP contribution is -2.32. The molecule has 0 radical (unpaired) electrons. The smallest absolute Gasteiger partial charge is 0.251 e. The van der Waals surface area contributed by atoms with Crippen molar-refractivity contribution in [3.63, 3.8) is 0 Å². The van der Waals surface area contributed by atoms with Gasteiger partial charge in [0.25, 0.3) is 10.0 Å². The van der Waals surface area contributed by atoms with E-state index in [1.54, 1.807) is 0 Å². The molecule has 1 rings (SSSR count). The zero-order chi connectivity index (χ0) is 14.3. The highest BCUT2D eigenvalue weighted by Gasteiger charge is 2.17. The van der Waals surface area contributed by atoms with Gasteiger partial charge in [0.2, 0.25) is 5.91 Å². The summed E-state index contributed by atoms with van der Waals surface area (Å²) < 4.78 is 30.7. The van der Waals surface area contributed by atoms with E-state index >= 15 is 0 Å². The zero-order valence-electron chi connectivity index (χ0n) is 10.2. The third-order valence-corrected chi connectivity index (χ3v) is 5.03. The van der Waals surface area contributed by atoms with E-state index in [2.05, 4.69) is 15.0 Å². The van der Waals surface area contributed by atoms with Crippen LogP contribution < -0.4 is 10.0 Å². The molecular formula is C9H14ClN3O4S2. The lowest BCUT2D eigenvalue weighted by Gasteiger charge is -2.05. The SMILES string of the molecule is COCCNC(=O)CCNS(=O)(=O)c1cnc(Cl)s1. The van der Waals surface area contributed by atoms with Crippen LogP contribution >= 0.6 is 22.9 Å². The van der Waals surface area contributed by atoms with Crippen LogP contribution in [-0.2, 0) is 19.6 Å². The number of hydrogen-bond acceptors (Lipinski definition) is 6. The molecule has 1 aromatic heterocycles. The molecule has 7 nitrogen and oxygen atoms in total. The Hall–Kier alpha value is -0.740. The maximum Gasteiger partial charge on any atom is 0.251 e. The zero-order valence-corrected chi connectivity index (χ0v) is 12.6. The molecule has 19 heavy (non-hydrogen) atoms. The Morgan fingerprint density at radius 3 is 2.84 bits per heavy atom. The predicted molar refractivity (Wildman–Crippen MR) is 71.8 cm³/mol. The first-order valence-electron chi connectivity index (χ1n) is 5.32. The normalized spacial score (nSPS) is 11.5. The molecule has 0 saturated heterocycles. The van der Waals surface area contributed by atoms with Crippen LogP contribution in [0.1, 0.15) is 6.42 Å². The van der Waals surface area contributed by atoms with Gasteiger partial charge < -0.3 is 10.1 Å². The summed E-state index contributed by atoms with van der Waals surface area (Å²) in [5.41, 5.74) is 0. The number of thiazole rings is 1. The van der Waals surface area contributed by atoms with Crippen LogP contribution in [0.25, 0.3) is 0 Å². The predicted octanol–water partition coefficient (Wildman–Crippen LogP) is 0.227. The molecule has 0 aliphatic carbocycles. The topological polar surface area (TPSA) is 97.4 Å². The van der Waals surface area contributed by atoms with E-state index in [4.69, 9.17) is 16.3 Å². The van der Waals surface area contributed by atoms with Gasteiger partial charge in [0.1, 0.15) is 0 Å². The van der Waals surface area contributed by atoms with Crippen molar-refractivity contribution in [2.24, 2.45) is 0 Å². The number of aromatic nitrogens is 1. The van der Waals surface area contributed by atoms with Crippen LogP contribution in [0.5, 0.6) is 0 Å². The Bertz CT molecular complexity index is 517. The van der Waals surface area contributed by atoms with Gasteiger partial charge in [-0.3, -0.25) is 4.79 Å². The van der Waals surface area contributed by atoms with Crippen molar-refractivity contribution in [1.29, 1.82) is 0 Å². The van der Waals surface area contributed by atoms with Gasteiger partial charge in [-0.1, -0.05) is 22.9 Å². The number of nitrogens with one attached hydrogen (secondary N) is 2. The molecule has 1 heterocycles. The van der Waals surface area contributed by atoms with Crippen molar-refractivity contribution in [2.45, 2.75) is 10.6 Å². The first-order chi connectivity index (χ1) is 8.95. The monoisotopic (exact) mass is 327 g/mol. The molecule has 0 aliphatic heterocycles. The van der Waals surface area contributed by atoms with Crippen LogP contribution in [0.2, 0.25) is 4.47 Å². The van der Waals surface area contributed by atoms with Gasteiger partial charge in [-0.15, -0.1) is 0 Å². The second-order valence-electron chi connectivity index (χ2n) is 3.42. The highest BCUT2D eigenvalue weighted by molar-refractivity contribution is 7.91. The van der Waals surface area contributed by atoms with Gasteiger partial charge in [-0.05, 0) is 0 Å². The number of sulfonamides is 1. The van der Waals surface area contributed by atoms with E-state index in [1.807, 2.05) is 0 Å². The van der Waals surface area contributed by atoms with Gasteiger partial charge in [-0.2, -0.15) is 0 Å². The largest absolute Gasteiger partial charge is 0.383 e. The fourth-order valence-electron chi connectivity index (χ4n) is 1.11. The highest BCUT2D eigenvalue weighted by Crippen LogP contribution is 2.21. The molecule has 0 spiro atoms. The number of hydrogen-bond donors (Lipinski definition) is 2. The summed E-state index contributed by atoms with van der Waals surface area (Å²) in [6.45, 7) is 0.819. The Morgan fingerprint density at radius 2 is 2.26 bits per heavy atom. The summed E-state index contributed by atoms with van der Waals surface area (Å²) in [6.07, 6.45) is 1.23. The number of rotatable bonds is 8. The lowest BCUT2D eigenvalue weighted by atomic mass is 10.4. The van der Waals surface area contributed by atoms with Gasteiger partial charge in [0.15, 0.2) is 8.68 Å². The van der Waals surface area contributed by atoms with E-state index in [-0.39, 0.29) is 27.5 Å². The fraction of sp³-hybridized carbons (Fsp3) is 0.556. The summed E-state index contributed by atoms with van der Waals surface area (Å²) in [5, 5.41) is 2.58. The van der Waals surface area contributed by atoms with Gasteiger partial charge in [0.05, 0.1) is 12.8 Å². The standard InChI is InChI=1S/C9H14ClN3O4S2/c1-17-5-4-11-7(14)2-3-13-19(15,16)8-6-12-9(10)18-8/h6,13H,2-5H2,1H3,(H,11,14). The molecule has 108 valence electrons. The van der Waals surface area contributed by atoms with Crippen molar-refractivity contribution in [3.8, 4) is 0 Å². The van der Waals surface area contributed by atoms with E-state index < -0.39 is 10.0 Å². The molecule has 1 amide bonds. The Balaban J connectivity index is 2.34. The van der Waals surface area contributed by atoms with Crippen molar-refractivity contribution >= 4 is 38.9 Å². The maximum atomic E-state index is 11.7. The molecule has 2 N–H and O–H groups in total. The van der Waals surface area contributed by atoms with Crippen LogP contribution in [0.3, 0.4) is 0 Å². The lowest BCUT2D eigenvalue weighted by molar-refractivity contribution is -0.121. The molecule has 0 aromatic carbocycles. The second-order valence-corrected chi connectivity index (χ2v) is 7.03. The van der Waals surface area contributed by atoms with Crippen molar-refractivity contribution in [1.82, 2.24) is 15.0 Å². The van der Waals surface area contributed by atoms with E-state index in [0.717, 1.165) is 11.3 Å². The molecule has 0 bridgehead atoms. The average Bonchev–Trinajstić information content (AvgIpc) is 2.77. The summed E-state index contributed by atoms with van der Waals surface area (Å²) in [6, 6.07) is 0. The molecular weight excluding hydrogens is 314 g/mol. The van der Waals surface area contributed by atoms with E-state index in [1.165, 1.54) is 13.3 Å². The number of halogens is 1. The molecule has 0 saturated carbocycles. The Labute approximate surface area is 120 Å². The first kappa shape index (κ1) is 16.3. The highest BCUT2D eigenvalue weighted by atomic mass is 35.5. The number of carbonyl (C=O) groups is 1. The molecule has 0 unspecified atom stereocenters.